The summed E-state index contributed by atoms with van der Waals surface area (Å²) in [5.74, 6) is 0. The molecule has 1 unspecified atom stereocenters. The molecule has 1 heterocycles. The van der Waals surface area contributed by atoms with Crippen LogP contribution in [-0.2, 0) is 0 Å². The monoisotopic (exact) mass is 233 g/mol. The number of nitrogens with zero attached hydrogens (tertiary/aromatic N) is 1. The third-order valence-electron chi connectivity index (χ3n) is 2.50. The van der Waals surface area contributed by atoms with Crippen molar-refractivity contribution in [2.24, 2.45) is 0 Å². The maximum atomic E-state index is 10.1. The normalized spacial score (nSPS) is 12.4. The SMILES string of the molecule is Cc1cc(C(O)c2cccnc2)ccc1Cl. The summed E-state index contributed by atoms with van der Waals surface area (Å²) >= 11 is 5.94. The van der Waals surface area contributed by atoms with Gasteiger partial charge in [-0.05, 0) is 30.2 Å². The molecule has 1 aromatic heterocycles. The third-order valence-corrected chi connectivity index (χ3v) is 2.92. The largest absolute Gasteiger partial charge is 0.384 e. The Morgan fingerprint density at radius 3 is 2.69 bits per heavy atom. The summed E-state index contributed by atoms with van der Waals surface area (Å²) < 4.78 is 0. The summed E-state index contributed by atoms with van der Waals surface area (Å²) in [6, 6.07) is 9.17. The smallest absolute Gasteiger partial charge is 0.106 e. The fourth-order valence-corrected chi connectivity index (χ4v) is 1.69. The average molecular weight is 234 g/mol. The second-order valence-electron chi connectivity index (χ2n) is 3.70. The number of hydrogen-bond donors (Lipinski definition) is 1. The van der Waals surface area contributed by atoms with Gasteiger partial charge in [0.15, 0.2) is 0 Å². The Hall–Kier alpha value is -1.38. The van der Waals surface area contributed by atoms with Crippen LogP contribution in [-0.4, -0.2) is 10.1 Å². The van der Waals surface area contributed by atoms with Crippen molar-refractivity contribution in [1.29, 1.82) is 0 Å². The van der Waals surface area contributed by atoms with Crippen molar-refractivity contribution in [2.45, 2.75) is 13.0 Å². The summed E-state index contributed by atoms with van der Waals surface area (Å²) in [6.45, 7) is 1.92. The van der Waals surface area contributed by atoms with Crippen LogP contribution in [0.5, 0.6) is 0 Å². The van der Waals surface area contributed by atoms with E-state index in [0.29, 0.717) is 5.02 Å². The highest BCUT2D eigenvalue weighted by Gasteiger charge is 2.10. The molecule has 3 heteroatoms. The van der Waals surface area contributed by atoms with Crippen molar-refractivity contribution in [3.63, 3.8) is 0 Å². The second-order valence-corrected chi connectivity index (χ2v) is 4.10. The Morgan fingerprint density at radius 2 is 2.06 bits per heavy atom. The van der Waals surface area contributed by atoms with Crippen LogP contribution >= 0.6 is 11.6 Å². The molecule has 0 amide bonds. The Balaban J connectivity index is 2.34. The molecule has 0 aliphatic rings. The van der Waals surface area contributed by atoms with Gasteiger partial charge in [0.2, 0.25) is 0 Å². The Labute approximate surface area is 99.5 Å². The lowest BCUT2D eigenvalue weighted by Gasteiger charge is -2.12. The van der Waals surface area contributed by atoms with E-state index in [-0.39, 0.29) is 0 Å². The molecule has 1 N–H and O–H groups in total. The molecule has 0 aliphatic heterocycles. The predicted octanol–water partition coefficient (Wildman–Crippen LogP) is 3.13. The van der Waals surface area contributed by atoms with Crippen molar-refractivity contribution >= 4 is 11.6 Å². The highest BCUT2D eigenvalue weighted by atomic mass is 35.5. The summed E-state index contributed by atoms with van der Waals surface area (Å²) in [7, 11) is 0. The standard InChI is InChI=1S/C13H12ClNO/c1-9-7-10(4-5-12(9)14)13(16)11-3-2-6-15-8-11/h2-8,13,16H,1H3. The first-order valence-corrected chi connectivity index (χ1v) is 5.40. The number of halogens is 1. The number of hydrogen-bond acceptors (Lipinski definition) is 2. The molecule has 2 rings (SSSR count). The molecule has 0 radical (unpaired) electrons. The molecular formula is C13H12ClNO. The van der Waals surface area contributed by atoms with Crippen LogP contribution < -0.4 is 0 Å². The third kappa shape index (κ3) is 2.23. The number of pyridine rings is 1. The van der Waals surface area contributed by atoms with E-state index in [1.165, 1.54) is 0 Å². The molecule has 0 spiro atoms. The topological polar surface area (TPSA) is 33.1 Å². The van der Waals surface area contributed by atoms with Crippen LogP contribution in [0.4, 0.5) is 0 Å². The molecule has 1 aromatic carbocycles. The lowest BCUT2D eigenvalue weighted by atomic mass is 10.0. The van der Waals surface area contributed by atoms with E-state index < -0.39 is 6.10 Å². The van der Waals surface area contributed by atoms with Gasteiger partial charge in [-0.2, -0.15) is 0 Å². The van der Waals surface area contributed by atoms with Gasteiger partial charge in [-0.1, -0.05) is 29.8 Å². The summed E-state index contributed by atoms with van der Waals surface area (Å²) in [6.07, 6.45) is 2.70. The predicted molar refractivity (Wildman–Crippen MR) is 64.5 cm³/mol. The molecule has 2 nitrogen and oxygen atoms in total. The zero-order valence-electron chi connectivity index (χ0n) is 8.89. The minimum Gasteiger partial charge on any atom is -0.384 e. The van der Waals surface area contributed by atoms with Crippen LogP contribution in [0.15, 0.2) is 42.7 Å². The van der Waals surface area contributed by atoms with Crippen LogP contribution in [0.3, 0.4) is 0 Å². The number of aliphatic hydroxyl groups excluding tert-OH is 1. The van der Waals surface area contributed by atoms with E-state index >= 15 is 0 Å². The number of aliphatic hydroxyl groups is 1. The summed E-state index contributed by atoms with van der Waals surface area (Å²) in [4.78, 5) is 3.99. The first-order valence-electron chi connectivity index (χ1n) is 5.02. The Bertz CT molecular complexity index is 485. The molecule has 0 bridgehead atoms. The first kappa shape index (κ1) is 11.1. The van der Waals surface area contributed by atoms with E-state index in [1.54, 1.807) is 24.5 Å². The molecule has 0 saturated heterocycles. The van der Waals surface area contributed by atoms with E-state index in [9.17, 15) is 5.11 Å². The minimum absolute atomic E-state index is 0.648. The van der Waals surface area contributed by atoms with Crippen molar-refractivity contribution in [2.75, 3.05) is 0 Å². The van der Waals surface area contributed by atoms with Gasteiger partial charge in [0.05, 0.1) is 0 Å². The first-order chi connectivity index (χ1) is 7.68. The zero-order chi connectivity index (χ0) is 11.5. The van der Waals surface area contributed by atoms with Gasteiger partial charge in [0.1, 0.15) is 6.10 Å². The van der Waals surface area contributed by atoms with Gasteiger partial charge in [-0.3, -0.25) is 4.98 Å². The second kappa shape index (κ2) is 4.64. The van der Waals surface area contributed by atoms with Crippen molar-refractivity contribution in [3.05, 3.63) is 64.4 Å². The van der Waals surface area contributed by atoms with Gasteiger partial charge < -0.3 is 5.11 Å². The van der Waals surface area contributed by atoms with Gasteiger partial charge in [0, 0.05) is 23.0 Å². The molecule has 16 heavy (non-hydrogen) atoms. The number of rotatable bonds is 2. The van der Waals surface area contributed by atoms with Gasteiger partial charge >= 0.3 is 0 Å². The highest BCUT2D eigenvalue weighted by molar-refractivity contribution is 6.31. The fourth-order valence-electron chi connectivity index (χ4n) is 1.57. The maximum Gasteiger partial charge on any atom is 0.106 e. The maximum absolute atomic E-state index is 10.1. The lowest BCUT2D eigenvalue weighted by molar-refractivity contribution is 0.220. The molecular weight excluding hydrogens is 222 g/mol. The van der Waals surface area contributed by atoms with E-state index in [2.05, 4.69) is 4.98 Å². The Kier molecular flexibility index (Phi) is 3.22. The van der Waals surface area contributed by atoms with Crippen molar-refractivity contribution in [3.8, 4) is 0 Å². The molecule has 0 saturated carbocycles. The van der Waals surface area contributed by atoms with E-state index in [1.807, 2.05) is 25.1 Å². The number of aryl methyl sites for hydroxylation is 1. The van der Waals surface area contributed by atoms with Gasteiger partial charge in [-0.25, -0.2) is 0 Å². The average Bonchev–Trinajstić information content (AvgIpc) is 2.33. The quantitative estimate of drug-likeness (QED) is 0.865. The molecule has 82 valence electrons. The van der Waals surface area contributed by atoms with Crippen LogP contribution in [0, 0.1) is 6.92 Å². The van der Waals surface area contributed by atoms with Crippen molar-refractivity contribution in [1.82, 2.24) is 4.98 Å². The lowest BCUT2D eigenvalue weighted by Crippen LogP contribution is -2.00. The zero-order valence-corrected chi connectivity index (χ0v) is 9.65. The van der Waals surface area contributed by atoms with Crippen LogP contribution in [0.25, 0.3) is 0 Å². The van der Waals surface area contributed by atoms with Gasteiger partial charge in [-0.15, -0.1) is 0 Å². The van der Waals surface area contributed by atoms with Crippen LogP contribution in [0.2, 0.25) is 5.02 Å². The van der Waals surface area contributed by atoms with Crippen LogP contribution in [0.1, 0.15) is 22.8 Å². The molecule has 1 atom stereocenters. The number of aromatic nitrogens is 1. The summed E-state index contributed by atoms with van der Waals surface area (Å²) in [5.41, 5.74) is 2.57. The van der Waals surface area contributed by atoms with Gasteiger partial charge in [0.25, 0.3) is 0 Å². The highest BCUT2D eigenvalue weighted by Crippen LogP contribution is 2.24. The Morgan fingerprint density at radius 1 is 1.25 bits per heavy atom. The molecule has 0 fully saturated rings. The fraction of sp³-hybridized carbons (Fsp3) is 0.154. The van der Waals surface area contributed by atoms with E-state index in [0.717, 1.165) is 16.7 Å². The summed E-state index contributed by atoms with van der Waals surface area (Å²) in [5, 5.41) is 10.8. The molecule has 2 aromatic rings. The molecule has 0 aliphatic carbocycles. The van der Waals surface area contributed by atoms with Crippen molar-refractivity contribution < 1.29 is 5.11 Å². The van der Waals surface area contributed by atoms with E-state index in [4.69, 9.17) is 11.6 Å². The minimum atomic E-state index is -0.648. The number of benzene rings is 1.